The maximum Gasteiger partial charge on any atom is 0.305 e. The van der Waals surface area contributed by atoms with Gasteiger partial charge in [0.05, 0.1) is 13.2 Å². The minimum atomic E-state index is -0.535. The number of carbonyl (C=O) groups is 1. The number of benzene rings is 1. The van der Waals surface area contributed by atoms with Crippen molar-refractivity contribution in [1.29, 1.82) is 0 Å². The van der Waals surface area contributed by atoms with Gasteiger partial charge in [-0.25, -0.2) is 0 Å². The van der Waals surface area contributed by atoms with E-state index in [2.05, 4.69) is 28.3 Å². The van der Waals surface area contributed by atoms with E-state index >= 15 is 0 Å². The topological polar surface area (TPSA) is 58.6 Å². The Kier molecular flexibility index (Phi) is 4.80. The third-order valence-corrected chi connectivity index (χ3v) is 3.55. The lowest BCUT2D eigenvalue weighted by molar-refractivity contribution is -0.141. The van der Waals surface area contributed by atoms with Crippen LogP contribution in [-0.2, 0) is 22.4 Å². The number of anilines is 1. The fraction of sp³-hybridized carbons (Fsp3) is 0.533. The highest BCUT2D eigenvalue weighted by Crippen LogP contribution is 2.24. The van der Waals surface area contributed by atoms with Gasteiger partial charge in [0.25, 0.3) is 0 Å². The molecular formula is C15H21NO3. The van der Waals surface area contributed by atoms with Crippen LogP contribution in [-0.4, -0.2) is 30.8 Å². The van der Waals surface area contributed by atoms with Crippen LogP contribution in [0, 0.1) is 0 Å². The number of ether oxygens (including phenoxy) is 1. The molecule has 1 aromatic carbocycles. The Morgan fingerprint density at radius 2 is 2.21 bits per heavy atom. The lowest BCUT2D eigenvalue weighted by atomic mass is 10.1. The van der Waals surface area contributed by atoms with Crippen LogP contribution in [0.5, 0.6) is 0 Å². The summed E-state index contributed by atoms with van der Waals surface area (Å²) in [6.07, 6.45) is 3.70. The van der Waals surface area contributed by atoms with E-state index in [9.17, 15) is 9.90 Å². The van der Waals surface area contributed by atoms with Crippen LogP contribution in [0.2, 0.25) is 0 Å². The molecule has 2 rings (SSSR count). The molecule has 0 aliphatic heterocycles. The predicted octanol–water partition coefficient (Wildman–Crippen LogP) is 1.90. The Labute approximate surface area is 113 Å². The summed E-state index contributed by atoms with van der Waals surface area (Å²) in [5.74, 6) is -0.281. The Hall–Kier alpha value is -1.55. The molecule has 0 heterocycles. The van der Waals surface area contributed by atoms with Gasteiger partial charge in [-0.05, 0) is 48.9 Å². The summed E-state index contributed by atoms with van der Waals surface area (Å²) in [4.78, 5) is 11.0. The van der Waals surface area contributed by atoms with Crippen LogP contribution in [0.25, 0.3) is 0 Å². The van der Waals surface area contributed by atoms with Crippen molar-refractivity contribution in [3.63, 3.8) is 0 Å². The Balaban J connectivity index is 1.77. The van der Waals surface area contributed by atoms with Crippen molar-refractivity contribution < 1.29 is 14.6 Å². The van der Waals surface area contributed by atoms with Gasteiger partial charge in [0.2, 0.25) is 0 Å². The zero-order valence-corrected chi connectivity index (χ0v) is 11.3. The molecule has 0 saturated heterocycles. The summed E-state index contributed by atoms with van der Waals surface area (Å²) in [7, 11) is 1.36. The molecule has 1 aliphatic rings. The zero-order chi connectivity index (χ0) is 13.7. The zero-order valence-electron chi connectivity index (χ0n) is 11.3. The number of nitrogens with one attached hydrogen (secondary N) is 1. The Bertz CT molecular complexity index is 445. The van der Waals surface area contributed by atoms with Crippen LogP contribution >= 0.6 is 0 Å². The summed E-state index contributed by atoms with van der Waals surface area (Å²) in [5, 5.41) is 13.0. The molecule has 0 saturated carbocycles. The SMILES string of the molecule is COC(=O)CCC(O)CNc1ccc2c(c1)CCC2. The molecule has 0 amide bonds. The average Bonchev–Trinajstić information content (AvgIpc) is 2.89. The second kappa shape index (κ2) is 6.57. The fourth-order valence-corrected chi connectivity index (χ4v) is 2.41. The van der Waals surface area contributed by atoms with Crippen molar-refractivity contribution in [1.82, 2.24) is 0 Å². The van der Waals surface area contributed by atoms with E-state index in [4.69, 9.17) is 0 Å². The standard InChI is InChI=1S/C15H21NO3/c1-19-15(18)8-7-14(17)10-16-13-6-5-11-3-2-4-12(11)9-13/h5-6,9,14,16-17H,2-4,7-8,10H2,1H3. The second-order valence-corrected chi connectivity index (χ2v) is 4.99. The van der Waals surface area contributed by atoms with Crippen LogP contribution in [0.1, 0.15) is 30.4 Å². The number of rotatable bonds is 6. The summed E-state index contributed by atoms with van der Waals surface area (Å²) in [6.45, 7) is 0.454. The molecule has 0 fully saturated rings. The number of aliphatic hydroxyl groups excluding tert-OH is 1. The van der Waals surface area contributed by atoms with Gasteiger partial charge in [-0.3, -0.25) is 4.79 Å². The van der Waals surface area contributed by atoms with Crippen molar-refractivity contribution in [3.05, 3.63) is 29.3 Å². The minimum absolute atomic E-state index is 0.254. The van der Waals surface area contributed by atoms with Gasteiger partial charge in [-0.15, -0.1) is 0 Å². The molecule has 1 aliphatic carbocycles. The van der Waals surface area contributed by atoms with E-state index < -0.39 is 6.10 Å². The molecule has 2 N–H and O–H groups in total. The van der Waals surface area contributed by atoms with Crippen molar-refractivity contribution in [3.8, 4) is 0 Å². The molecule has 4 heteroatoms. The van der Waals surface area contributed by atoms with Crippen molar-refractivity contribution in [2.75, 3.05) is 19.0 Å². The highest BCUT2D eigenvalue weighted by molar-refractivity contribution is 5.69. The van der Waals surface area contributed by atoms with Crippen molar-refractivity contribution >= 4 is 11.7 Å². The number of carbonyl (C=O) groups excluding carboxylic acids is 1. The second-order valence-electron chi connectivity index (χ2n) is 4.99. The first-order valence-electron chi connectivity index (χ1n) is 6.79. The maximum absolute atomic E-state index is 11.0. The van der Waals surface area contributed by atoms with Crippen LogP contribution < -0.4 is 5.32 Å². The first kappa shape index (κ1) is 13.9. The lowest BCUT2D eigenvalue weighted by Crippen LogP contribution is -2.20. The van der Waals surface area contributed by atoms with Gasteiger partial charge in [0, 0.05) is 18.7 Å². The quantitative estimate of drug-likeness (QED) is 0.770. The van der Waals surface area contributed by atoms with Crippen molar-refractivity contribution in [2.45, 2.75) is 38.2 Å². The van der Waals surface area contributed by atoms with Gasteiger partial charge in [0.15, 0.2) is 0 Å². The first-order valence-corrected chi connectivity index (χ1v) is 6.79. The van der Waals surface area contributed by atoms with E-state index in [-0.39, 0.29) is 12.4 Å². The van der Waals surface area contributed by atoms with E-state index in [0.29, 0.717) is 13.0 Å². The molecule has 0 aromatic heterocycles. The number of aliphatic hydroxyl groups is 1. The van der Waals surface area contributed by atoms with Gasteiger partial charge >= 0.3 is 5.97 Å². The maximum atomic E-state index is 11.0. The summed E-state index contributed by atoms with van der Waals surface area (Å²) < 4.78 is 4.54. The summed E-state index contributed by atoms with van der Waals surface area (Å²) in [5.41, 5.74) is 3.89. The number of hydrogen-bond acceptors (Lipinski definition) is 4. The Morgan fingerprint density at radius 3 is 3.00 bits per heavy atom. The van der Waals surface area contributed by atoms with E-state index in [1.807, 2.05) is 0 Å². The van der Waals surface area contributed by atoms with Crippen molar-refractivity contribution in [2.24, 2.45) is 0 Å². The summed E-state index contributed by atoms with van der Waals surface area (Å²) in [6, 6.07) is 6.37. The monoisotopic (exact) mass is 263 g/mol. The number of fused-ring (bicyclic) bond motifs is 1. The smallest absolute Gasteiger partial charge is 0.305 e. The summed E-state index contributed by atoms with van der Waals surface area (Å²) >= 11 is 0. The molecule has 0 spiro atoms. The van der Waals surface area contributed by atoms with Gasteiger partial charge in [-0.2, -0.15) is 0 Å². The number of methoxy groups -OCH3 is 1. The third-order valence-electron chi connectivity index (χ3n) is 3.55. The Morgan fingerprint density at radius 1 is 1.42 bits per heavy atom. The molecule has 1 atom stereocenters. The molecule has 0 radical (unpaired) electrons. The molecule has 1 aromatic rings. The molecule has 19 heavy (non-hydrogen) atoms. The number of esters is 1. The largest absolute Gasteiger partial charge is 0.469 e. The molecule has 4 nitrogen and oxygen atoms in total. The van der Waals surface area contributed by atoms with Gasteiger partial charge < -0.3 is 15.2 Å². The number of aryl methyl sites for hydroxylation is 2. The van der Waals surface area contributed by atoms with E-state index in [1.165, 1.54) is 31.1 Å². The highest BCUT2D eigenvalue weighted by atomic mass is 16.5. The van der Waals surface area contributed by atoms with Crippen LogP contribution in [0.4, 0.5) is 5.69 Å². The fourth-order valence-electron chi connectivity index (χ4n) is 2.41. The average molecular weight is 263 g/mol. The van der Waals surface area contributed by atoms with Gasteiger partial charge in [-0.1, -0.05) is 6.07 Å². The first-order chi connectivity index (χ1) is 9.19. The van der Waals surface area contributed by atoms with E-state index in [0.717, 1.165) is 12.1 Å². The van der Waals surface area contributed by atoms with E-state index in [1.54, 1.807) is 0 Å². The number of hydrogen-bond donors (Lipinski definition) is 2. The molecule has 1 unspecified atom stereocenters. The normalized spacial score (nSPS) is 14.8. The molecule has 104 valence electrons. The van der Waals surface area contributed by atoms with Crippen LogP contribution in [0.15, 0.2) is 18.2 Å². The third kappa shape index (κ3) is 3.96. The van der Waals surface area contributed by atoms with Gasteiger partial charge in [0.1, 0.15) is 0 Å². The molecule has 0 bridgehead atoms. The highest BCUT2D eigenvalue weighted by Gasteiger charge is 2.12. The molecular weight excluding hydrogens is 242 g/mol. The predicted molar refractivity (Wildman–Crippen MR) is 74.2 cm³/mol. The van der Waals surface area contributed by atoms with Crippen LogP contribution in [0.3, 0.4) is 0 Å². The minimum Gasteiger partial charge on any atom is -0.469 e. The lowest BCUT2D eigenvalue weighted by Gasteiger charge is -2.13.